The predicted molar refractivity (Wildman–Crippen MR) is 77.6 cm³/mol. The van der Waals surface area contributed by atoms with E-state index in [4.69, 9.17) is 5.73 Å². The minimum Gasteiger partial charge on any atom is -0.399 e. The first kappa shape index (κ1) is 13.1. The zero-order chi connectivity index (χ0) is 13.7. The summed E-state index contributed by atoms with van der Waals surface area (Å²) in [6, 6.07) is 17.6. The van der Waals surface area contributed by atoms with Crippen molar-refractivity contribution in [2.75, 3.05) is 5.73 Å². The highest BCUT2D eigenvalue weighted by Gasteiger charge is 2.14. The molecule has 0 aromatic heterocycles. The first-order chi connectivity index (χ1) is 9.16. The van der Waals surface area contributed by atoms with Gasteiger partial charge in [0.2, 0.25) is 5.91 Å². The van der Waals surface area contributed by atoms with E-state index < -0.39 is 0 Å². The van der Waals surface area contributed by atoms with Gasteiger partial charge < -0.3 is 11.1 Å². The molecule has 0 unspecified atom stereocenters. The van der Waals surface area contributed by atoms with Gasteiger partial charge >= 0.3 is 0 Å². The third-order valence-electron chi connectivity index (χ3n) is 3.06. The van der Waals surface area contributed by atoms with Crippen molar-refractivity contribution in [3.63, 3.8) is 0 Å². The normalized spacial score (nSPS) is 11.8. The molecule has 3 N–H and O–H groups in total. The largest absolute Gasteiger partial charge is 0.399 e. The Morgan fingerprint density at radius 3 is 2.37 bits per heavy atom. The quantitative estimate of drug-likeness (QED) is 0.824. The van der Waals surface area contributed by atoms with Crippen LogP contribution >= 0.6 is 0 Å². The monoisotopic (exact) mass is 254 g/mol. The molecule has 1 amide bonds. The number of para-hydroxylation sites is 1. The van der Waals surface area contributed by atoms with Crippen molar-refractivity contribution in [1.29, 1.82) is 0 Å². The summed E-state index contributed by atoms with van der Waals surface area (Å²) in [6.07, 6.45) is 0.691. The highest BCUT2D eigenvalue weighted by Crippen LogP contribution is 2.21. The second-order valence-electron chi connectivity index (χ2n) is 4.57. The third kappa shape index (κ3) is 3.58. The van der Waals surface area contributed by atoms with Crippen molar-refractivity contribution in [1.82, 2.24) is 5.32 Å². The molecule has 0 aliphatic carbocycles. The van der Waals surface area contributed by atoms with Crippen molar-refractivity contribution in [2.24, 2.45) is 0 Å². The molecule has 0 saturated heterocycles. The molecule has 0 heterocycles. The van der Waals surface area contributed by atoms with E-state index in [-0.39, 0.29) is 11.9 Å². The van der Waals surface area contributed by atoms with Crippen LogP contribution in [0.1, 0.15) is 24.1 Å². The Morgan fingerprint density at radius 2 is 1.74 bits per heavy atom. The topological polar surface area (TPSA) is 55.1 Å². The Hall–Kier alpha value is -2.29. The first-order valence-corrected chi connectivity index (χ1v) is 6.32. The van der Waals surface area contributed by atoms with Gasteiger partial charge in [0.15, 0.2) is 0 Å². The molecule has 0 fully saturated rings. The van der Waals surface area contributed by atoms with Gasteiger partial charge in [0, 0.05) is 12.6 Å². The smallest absolute Gasteiger partial charge is 0.217 e. The van der Waals surface area contributed by atoms with Crippen LogP contribution in [0.15, 0.2) is 54.6 Å². The number of hydrogen-bond acceptors (Lipinski definition) is 2. The summed E-state index contributed by atoms with van der Waals surface area (Å²) in [5, 5.41) is 2.98. The maximum atomic E-state index is 11.4. The van der Waals surface area contributed by atoms with Gasteiger partial charge in [-0.1, -0.05) is 48.5 Å². The van der Waals surface area contributed by atoms with Crippen LogP contribution in [-0.4, -0.2) is 5.91 Å². The van der Waals surface area contributed by atoms with Crippen LogP contribution in [0.4, 0.5) is 5.69 Å². The number of amides is 1. The van der Waals surface area contributed by atoms with E-state index in [0.717, 1.165) is 16.8 Å². The second-order valence-corrected chi connectivity index (χ2v) is 4.57. The Labute approximate surface area is 113 Å². The number of benzene rings is 2. The Balaban J connectivity index is 2.24. The molecule has 0 aliphatic heterocycles. The minimum absolute atomic E-state index is 0.0386. The van der Waals surface area contributed by atoms with Gasteiger partial charge in [0.25, 0.3) is 0 Å². The molecule has 3 nitrogen and oxygen atoms in total. The van der Waals surface area contributed by atoms with Crippen molar-refractivity contribution >= 4 is 11.6 Å². The number of carbonyl (C=O) groups excluding carboxylic acids is 1. The number of hydrogen-bond donors (Lipinski definition) is 2. The van der Waals surface area contributed by atoms with Gasteiger partial charge in [0.1, 0.15) is 0 Å². The summed E-state index contributed by atoms with van der Waals surface area (Å²) >= 11 is 0. The fourth-order valence-electron chi connectivity index (χ4n) is 2.12. The zero-order valence-electron chi connectivity index (χ0n) is 11.0. The van der Waals surface area contributed by atoms with Gasteiger partial charge in [0.05, 0.1) is 6.04 Å². The Morgan fingerprint density at radius 1 is 1.11 bits per heavy atom. The first-order valence-electron chi connectivity index (χ1n) is 6.32. The van der Waals surface area contributed by atoms with E-state index in [9.17, 15) is 4.79 Å². The Kier molecular flexibility index (Phi) is 4.18. The average molecular weight is 254 g/mol. The van der Waals surface area contributed by atoms with Crippen LogP contribution in [0.3, 0.4) is 0 Å². The molecular formula is C16H18N2O. The van der Waals surface area contributed by atoms with Crippen molar-refractivity contribution < 1.29 is 4.79 Å². The molecule has 1 atom stereocenters. The van der Waals surface area contributed by atoms with Crippen LogP contribution in [0.5, 0.6) is 0 Å². The van der Waals surface area contributed by atoms with Crippen LogP contribution in [-0.2, 0) is 11.2 Å². The van der Waals surface area contributed by atoms with E-state index >= 15 is 0 Å². The lowest BCUT2D eigenvalue weighted by molar-refractivity contribution is -0.119. The van der Waals surface area contributed by atoms with E-state index in [1.165, 1.54) is 6.92 Å². The molecule has 2 aromatic rings. The van der Waals surface area contributed by atoms with Crippen LogP contribution in [0, 0.1) is 0 Å². The Bertz CT molecular complexity index is 552. The lowest BCUT2D eigenvalue weighted by Gasteiger charge is -2.19. The number of rotatable bonds is 4. The van der Waals surface area contributed by atoms with E-state index in [0.29, 0.717) is 6.42 Å². The molecule has 0 bridgehead atoms. The summed E-state index contributed by atoms with van der Waals surface area (Å²) in [5.74, 6) is -0.0386. The molecule has 3 heteroatoms. The van der Waals surface area contributed by atoms with Crippen LogP contribution < -0.4 is 11.1 Å². The number of nitrogens with two attached hydrogens (primary N) is 1. The molecule has 98 valence electrons. The summed E-state index contributed by atoms with van der Waals surface area (Å²) in [5.41, 5.74) is 8.85. The minimum atomic E-state index is -0.0524. The third-order valence-corrected chi connectivity index (χ3v) is 3.06. The van der Waals surface area contributed by atoms with Gasteiger partial charge in [-0.2, -0.15) is 0 Å². The number of carbonyl (C=O) groups is 1. The zero-order valence-corrected chi connectivity index (χ0v) is 11.0. The highest BCUT2D eigenvalue weighted by molar-refractivity contribution is 5.73. The van der Waals surface area contributed by atoms with Crippen molar-refractivity contribution in [2.45, 2.75) is 19.4 Å². The van der Waals surface area contributed by atoms with Crippen LogP contribution in [0.2, 0.25) is 0 Å². The van der Waals surface area contributed by atoms with Crippen molar-refractivity contribution in [3.05, 3.63) is 65.7 Å². The lowest BCUT2D eigenvalue weighted by Crippen LogP contribution is -2.27. The molecule has 2 aromatic carbocycles. The van der Waals surface area contributed by atoms with Gasteiger partial charge in [-0.15, -0.1) is 0 Å². The summed E-state index contributed by atoms with van der Waals surface area (Å²) < 4.78 is 0. The van der Waals surface area contributed by atoms with Crippen molar-refractivity contribution in [3.8, 4) is 0 Å². The predicted octanol–water partition coefficient (Wildman–Crippen LogP) is 2.69. The molecule has 19 heavy (non-hydrogen) atoms. The maximum absolute atomic E-state index is 11.4. The molecule has 0 radical (unpaired) electrons. The number of nitrogen functional groups attached to an aromatic ring is 1. The lowest BCUT2D eigenvalue weighted by atomic mass is 9.98. The number of anilines is 1. The molecule has 0 saturated carbocycles. The van der Waals surface area contributed by atoms with Gasteiger partial charge in [-0.3, -0.25) is 4.79 Å². The van der Waals surface area contributed by atoms with E-state index in [2.05, 4.69) is 5.32 Å². The molecule has 0 aliphatic rings. The molecule has 0 spiro atoms. The standard InChI is InChI=1S/C16H18N2O/c1-12(19)18-16(13-7-3-2-4-8-13)11-14-9-5-6-10-15(14)17/h2-10,16H,11,17H2,1H3,(H,18,19)/t16-/m1/s1. The summed E-state index contributed by atoms with van der Waals surface area (Å²) in [7, 11) is 0. The average Bonchev–Trinajstić information content (AvgIpc) is 2.41. The SMILES string of the molecule is CC(=O)N[C@H](Cc1ccccc1N)c1ccccc1. The second kappa shape index (κ2) is 6.05. The number of nitrogens with one attached hydrogen (secondary N) is 1. The van der Waals surface area contributed by atoms with Crippen LogP contribution in [0.25, 0.3) is 0 Å². The maximum Gasteiger partial charge on any atom is 0.217 e. The fourth-order valence-corrected chi connectivity index (χ4v) is 2.12. The van der Waals surface area contributed by atoms with Gasteiger partial charge in [-0.25, -0.2) is 0 Å². The van der Waals surface area contributed by atoms with E-state index in [1.54, 1.807) is 0 Å². The highest BCUT2D eigenvalue weighted by atomic mass is 16.1. The molecular weight excluding hydrogens is 236 g/mol. The molecule has 2 rings (SSSR count). The fraction of sp³-hybridized carbons (Fsp3) is 0.188. The van der Waals surface area contributed by atoms with E-state index in [1.807, 2.05) is 54.6 Å². The summed E-state index contributed by atoms with van der Waals surface area (Å²) in [6.45, 7) is 1.53. The summed E-state index contributed by atoms with van der Waals surface area (Å²) in [4.78, 5) is 11.4. The van der Waals surface area contributed by atoms with Gasteiger partial charge in [-0.05, 0) is 23.6 Å².